The average Bonchev–Trinajstić information content (AvgIpc) is 4.00. The predicted molar refractivity (Wildman–Crippen MR) is 252 cm³/mol. The Kier molecular flexibility index (Phi) is 10.9. The fourth-order valence-electron chi connectivity index (χ4n) is 14.5. The van der Waals surface area contributed by atoms with Crippen molar-refractivity contribution in [1.29, 1.82) is 0 Å². The van der Waals surface area contributed by atoms with Gasteiger partial charge < -0.3 is 43.8 Å². The minimum Gasteiger partial charge on any atom is -0.497 e. The second-order valence-corrected chi connectivity index (χ2v) is 20.1. The first kappa shape index (κ1) is 45.4. The van der Waals surface area contributed by atoms with Gasteiger partial charge in [0.1, 0.15) is 16.9 Å². The highest BCUT2D eigenvalue weighted by atomic mass is 16.6. The molecule has 6 heterocycles. The van der Waals surface area contributed by atoms with E-state index in [4.69, 9.17) is 23.7 Å². The van der Waals surface area contributed by atoms with Gasteiger partial charge in [0.15, 0.2) is 6.10 Å². The summed E-state index contributed by atoms with van der Waals surface area (Å²) in [6, 6.07) is 17.1. The van der Waals surface area contributed by atoms with Crippen molar-refractivity contribution in [3.63, 3.8) is 0 Å². The number of rotatable bonds is 9. The number of methoxy groups -OCH3 is 4. The normalized spacial score (nSPS) is 33.9. The number of aromatic nitrogens is 1. The van der Waals surface area contributed by atoms with Crippen LogP contribution in [0.3, 0.4) is 0 Å². The van der Waals surface area contributed by atoms with Crippen molar-refractivity contribution in [2.45, 2.75) is 99.5 Å². The van der Waals surface area contributed by atoms with Crippen LogP contribution in [0.5, 0.6) is 11.5 Å². The van der Waals surface area contributed by atoms with Crippen LogP contribution in [0.15, 0.2) is 66.7 Å². The molecule has 356 valence electrons. The van der Waals surface area contributed by atoms with E-state index in [-0.39, 0.29) is 12.0 Å². The van der Waals surface area contributed by atoms with Gasteiger partial charge >= 0.3 is 17.9 Å². The average molecular weight is 917 g/mol. The lowest BCUT2D eigenvalue weighted by Gasteiger charge is -2.63. The van der Waals surface area contributed by atoms with Crippen LogP contribution < -0.4 is 14.4 Å². The van der Waals surface area contributed by atoms with Gasteiger partial charge in [-0.2, -0.15) is 0 Å². The fraction of sp³-hybridized carbons (Fsp3) is 0.528. The first-order valence-electron chi connectivity index (χ1n) is 23.8. The molecule has 14 nitrogen and oxygen atoms in total. The Hall–Kier alpha value is -5.41. The number of carbonyl (C=O) groups excluding carboxylic acids is 3. The maximum absolute atomic E-state index is 15.7. The second kappa shape index (κ2) is 16.1. The molecular weight excluding hydrogens is 853 g/mol. The van der Waals surface area contributed by atoms with Crippen molar-refractivity contribution in [3.8, 4) is 22.6 Å². The maximum atomic E-state index is 15.7. The highest BCUT2D eigenvalue weighted by Gasteiger charge is 2.80. The standard InChI is InChI=1S/C53H64N4O10/c1-9-49(61)27-32-28-52(47(59)65-7,43-36(18-22-56(29-32)30-49)37-24-34(14-17-40(37)54-43)33-12-15-35(63-5)16-13-33)39-25-38-41(26-42(39)64-6)55(4)45-51(38)20-23-57-21-11-19-50(10-2,44(51)57)46(67-31(3)58)53(45,62)48(60)66-8/h11-17,19,24-26,32,44-46,54,61-62H,9-10,18,20-23,27-30H2,1-8H3/t32-,44+,45-,46-,49+,50-,51-,52+,53+/m1/s1. The zero-order valence-electron chi connectivity index (χ0n) is 39.9. The van der Waals surface area contributed by atoms with E-state index in [0.717, 1.165) is 50.3 Å². The van der Waals surface area contributed by atoms with Crippen LogP contribution in [0.4, 0.5) is 5.69 Å². The van der Waals surface area contributed by atoms with E-state index in [0.29, 0.717) is 82.6 Å². The zero-order chi connectivity index (χ0) is 47.4. The highest BCUT2D eigenvalue weighted by molar-refractivity contribution is 5.96. The molecule has 3 fully saturated rings. The third-order valence-electron chi connectivity index (χ3n) is 17.1. The Bertz CT molecular complexity index is 2680. The summed E-state index contributed by atoms with van der Waals surface area (Å²) in [5, 5.41) is 26.6. The topological polar surface area (TPSA) is 163 Å². The summed E-state index contributed by atoms with van der Waals surface area (Å²) < 4.78 is 29.7. The summed E-state index contributed by atoms with van der Waals surface area (Å²) in [5.41, 5.74) is 0.0507. The minimum absolute atomic E-state index is 0.140. The number of nitrogens with one attached hydrogen (secondary N) is 1. The summed E-state index contributed by atoms with van der Waals surface area (Å²) in [7, 11) is 7.81. The molecular formula is C53H64N4O10. The third kappa shape index (κ3) is 6.24. The Balaban J connectivity index is 1.27. The SMILES string of the molecule is CC[C@]1(O)C[C@H]2CN(CCc3c([nH]c4ccc(-c5ccc(OC)cc5)cc34)[C@@](C(=O)OC)(c3cc4c(cc3OC)N(C)[C@H]3[C@@](O)(C(=O)OC)[C@H](OC(C)=O)[C@]5(CC)C=CCN6CC[C@]43[C@@H]65)C2)C1. The number of nitrogens with zero attached hydrogens (tertiary/aromatic N) is 3. The second-order valence-electron chi connectivity index (χ2n) is 20.1. The number of carbonyl (C=O) groups is 3. The molecule has 3 N–H and O–H groups in total. The van der Waals surface area contributed by atoms with E-state index in [1.165, 1.54) is 21.1 Å². The van der Waals surface area contributed by atoms with Crippen molar-refractivity contribution >= 4 is 34.5 Å². The van der Waals surface area contributed by atoms with E-state index >= 15 is 4.79 Å². The Labute approximate surface area is 392 Å². The molecule has 3 aromatic carbocycles. The Morgan fingerprint density at radius 3 is 2.27 bits per heavy atom. The number of hydrogen-bond donors (Lipinski definition) is 3. The van der Waals surface area contributed by atoms with E-state index in [2.05, 4.69) is 51.2 Å². The summed E-state index contributed by atoms with van der Waals surface area (Å²) in [5.74, 6) is -0.900. The molecule has 0 radical (unpaired) electrons. The number of aromatic amines is 1. The van der Waals surface area contributed by atoms with Crippen molar-refractivity contribution < 1.29 is 48.3 Å². The van der Waals surface area contributed by atoms with Gasteiger partial charge in [-0.3, -0.25) is 19.4 Å². The van der Waals surface area contributed by atoms with Gasteiger partial charge in [-0.1, -0.05) is 44.2 Å². The summed E-state index contributed by atoms with van der Waals surface area (Å²) in [4.78, 5) is 53.8. The van der Waals surface area contributed by atoms with Gasteiger partial charge in [0.25, 0.3) is 0 Å². The van der Waals surface area contributed by atoms with E-state index < -0.39 is 57.5 Å². The number of benzene rings is 3. The van der Waals surface area contributed by atoms with Gasteiger partial charge in [-0.05, 0) is 104 Å². The van der Waals surface area contributed by atoms with Crippen molar-refractivity contribution in [2.24, 2.45) is 11.3 Å². The predicted octanol–water partition coefficient (Wildman–Crippen LogP) is 5.67. The minimum atomic E-state index is -2.33. The molecule has 67 heavy (non-hydrogen) atoms. The molecule has 4 aromatic rings. The quantitative estimate of drug-likeness (QED) is 0.107. The zero-order valence-corrected chi connectivity index (χ0v) is 39.9. The highest BCUT2D eigenvalue weighted by Crippen LogP contribution is 2.68. The van der Waals surface area contributed by atoms with Crippen LogP contribution in [-0.2, 0) is 45.8 Å². The summed E-state index contributed by atoms with van der Waals surface area (Å²) in [6.07, 6.45) is 5.75. The van der Waals surface area contributed by atoms with Gasteiger partial charge in [0.05, 0.1) is 40.1 Å². The molecule has 5 aliphatic heterocycles. The molecule has 1 unspecified atom stereocenters. The summed E-state index contributed by atoms with van der Waals surface area (Å²) in [6.45, 7) is 8.49. The van der Waals surface area contributed by atoms with Crippen molar-refractivity contribution in [2.75, 3.05) is 73.1 Å². The van der Waals surface area contributed by atoms with Crippen LogP contribution in [-0.4, -0.2) is 141 Å². The maximum Gasteiger partial charge on any atom is 0.344 e. The van der Waals surface area contributed by atoms with Crippen LogP contribution in [0.25, 0.3) is 22.0 Å². The summed E-state index contributed by atoms with van der Waals surface area (Å²) >= 11 is 0. The molecule has 10 rings (SSSR count). The van der Waals surface area contributed by atoms with Crippen LogP contribution >= 0.6 is 0 Å². The molecule has 1 saturated carbocycles. The molecule has 2 bridgehead atoms. The van der Waals surface area contributed by atoms with E-state index in [1.54, 1.807) is 14.2 Å². The van der Waals surface area contributed by atoms with Crippen LogP contribution in [0.1, 0.15) is 75.3 Å². The number of esters is 3. The number of likely N-dealkylation sites (N-methyl/N-ethyl adjacent to an activating group) is 1. The number of piperidine rings is 1. The molecule has 14 heteroatoms. The molecule has 1 aliphatic carbocycles. The van der Waals surface area contributed by atoms with Crippen LogP contribution in [0, 0.1) is 11.3 Å². The molecule has 0 amide bonds. The van der Waals surface area contributed by atoms with Crippen LogP contribution in [0.2, 0.25) is 0 Å². The van der Waals surface area contributed by atoms with Crippen molar-refractivity contribution in [1.82, 2.24) is 14.8 Å². The molecule has 6 aliphatic rings. The Morgan fingerprint density at radius 2 is 1.60 bits per heavy atom. The Morgan fingerprint density at radius 1 is 0.851 bits per heavy atom. The first-order chi connectivity index (χ1) is 32.1. The van der Waals surface area contributed by atoms with Gasteiger partial charge in [0.2, 0.25) is 5.60 Å². The number of fused-ring (bicyclic) bond motifs is 6. The third-order valence-corrected chi connectivity index (χ3v) is 17.1. The van der Waals surface area contributed by atoms with Gasteiger partial charge in [0, 0.05) is 90.9 Å². The largest absolute Gasteiger partial charge is 0.497 e. The van der Waals surface area contributed by atoms with Crippen molar-refractivity contribution in [3.05, 3.63) is 89.1 Å². The molecule has 1 aromatic heterocycles. The number of hydrogen-bond acceptors (Lipinski definition) is 13. The number of H-pyrrole nitrogens is 1. The molecule has 10 atom stereocenters. The van der Waals surface area contributed by atoms with E-state index in [9.17, 15) is 19.8 Å². The fourth-order valence-corrected chi connectivity index (χ4v) is 14.5. The lowest BCUT2D eigenvalue weighted by Crippen LogP contribution is -2.81. The van der Waals surface area contributed by atoms with Gasteiger partial charge in [-0.25, -0.2) is 4.79 Å². The van der Waals surface area contributed by atoms with E-state index in [1.807, 2.05) is 56.1 Å². The lowest BCUT2D eigenvalue weighted by molar-refractivity contribution is -0.228. The monoisotopic (exact) mass is 916 g/mol. The molecule has 2 saturated heterocycles. The smallest absolute Gasteiger partial charge is 0.344 e. The van der Waals surface area contributed by atoms with Gasteiger partial charge in [-0.15, -0.1) is 0 Å². The number of ether oxygens (including phenoxy) is 5. The first-order valence-corrected chi connectivity index (χ1v) is 23.8. The lowest BCUT2D eigenvalue weighted by atomic mass is 9.47. The number of anilines is 1. The molecule has 1 spiro atoms. The number of aliphatic hydroxyl groups is 2.